The fraction of sp³-hybridized carbons (Fsp3) is 0.619. The summed E-state index contributed by atoms with van der Waals surface area (Å²) in [4.78, 5) is 23.2. The summed E-state index contributed by atoms with van der Waals surface area (Å²) in [6.45, 7) is 2.14. The van der Waals surface area contributed by atoms with Crippen LogP contribution in [0.25, 0.3) is 0 Å². The first-order valence-corrected chi connectivity index (χ1v) is 9.95. The predicted octanol–water partition coefficient (Wildman–Crippen LogP) is 3.31. The number of carboxylic acids is 1. The number of aliphatic carboxylic acids is 1. The first-order chi connectivity index (χ1) is 12.6. The average molecular weight is 358 g/mol. The van der Waals surface area contributed by atoms with Crippen molar-refractivity contribution in [1.29, 1.82) is 0 Å². The van der Waals surface area contributed by atoms with Gasteiger partial charge in [-0.2, -0.15) is 0 Å². The Morgan fingerprint density at radius 1 is 1.00 bits per heavy atom. The lowest BCUT2D eigenvalue weighted by atomic mass is 9.83. The monoisotopic (exact) mass is 358 g/mol. The highest BCUT2D eigenvalue weighted by atomic mass is 16.4. The number of carbonyl (C=O) groups is 2. The Morgan fingerprint density at radius 2 is 1.65 bits per heavy atom. The molecule has 1 aromatic carbocycles. The van der Waals surface area contributed by atoms with E-state index in [1.807, 2.05) is 12.1 Å². The normalized spacial score (nSPS) is 24.2. The van der Waals surface area contributed by atoms with E-state index in [1.54, 1.807) is 0 Å². The fourth-order valence-corrected chi connectivity index (χ4v) is 4.25. The minimum atomic E-state index is -0.714. The van der Waals surface area contributed by atoms with Crippen LogP contribution in [0.2, 0.25) is 0 Å². The van der Waals surface area contributed by atoms with Crippen LogP contribution in [0.15, 0.2) is 24.3 Å². The molecule has 3 rings (SSSR count). The van der Waals surface area contributed by atoms with Gasteiger partial charge in [-0.25, -0.2) is 0 Å². The minimum Gasteiger partial charge on any atom is -0.481 e. The summed E-state index contributed by atoms with van der Waals surface area (Å²) in [7, 11) is 0. The molecule has 1 heterocycles. The molecule has 0 atom stereocenters. The SMILES string of the molecule is O=C(O)CCC1CCC(NC(=O)c2ccc(C3CCNCC3)cc2)CC1. The molecule has 0 radical (unpaired) electrons. The molecule has 3 N–H and O–H groups in total. The Kier molecular flexibility index (Phi) is 6.67. The maximum atomic E-state index is 12.5. The van der Waals surface area contributed by atoms with Crippen molar-refractivity contribution in [3.8, 4) is 0 Å². The van der Waals surface area contributed by atoms with Gasteiger partial charge in [-0.05, 0) is 87.6 Å². The number of amides is 1. The van der Waals surface area contributed by atoms with Crippen LogP contribution in [-0.2, 0) is 4.79 Å². The molecule has 5 heteroatoms. The van der Waals surface area contributed by atoms with Crippen LogP contribution in [0.1, 0.15) is 73.2 Å². The summed E-state index contributed by atoms with van der Waals surface area (Å²) in [5.41, 5.74) is 2.07. The molecule has 2 fully saturated rings. The van der Waals surface area contributed by atoms with Crippen LogP contribution in [0.5, 0.6) is 0 Å². The highest BCUT2D eigenvalue weighted by molar-refractivity contribution is 5.94. The number of carboxylic acid groups (broad SMARTS) is 1. The molecule has 1 aliphatic heterocycles. The van der Waals surface area contributed by atoms with Crippen LogP contribution in [0.3, 0.4) is 0 Å². The van der Waals surface area contributed by atoms with E-state index < -0.39 is 5.97 Å². The van der Waals surface area contributed by atoms with E-state index in [4.69, 9.17) is 5.11 Å². The molecule has 1 amide bonds. The lowest BCUT2D eigenvalue weighted by molar-refractivity contribution is -0.137. The topological polar surface area (TPSA) is 78.4 Å². The molecule has 0 bridgehead atoms. The molecule has 0 unspecified atom stereocenters. The van der Waals surface area contributed by atoms with E-state index >= 15 is 0 Å². The third kappa shape index (κ3) is 5.31. The van der Waals surface area contributed by atoms with E-state index in [2.05, 4.69) is 22.8 Å². The van der Waals surface area contributed by atoms with E-state index in [9.17, 15) is 9.59 Å². The lowest BCUT2D eigenvalue weighted by Crippen LogP contribution is -2.37. The molecular weight excluding hydrogens is 328 g/mol. The fourth-order valence-electron chi connectivity index (χ4n) is 4.25. The smallest absolute Gasteiger partial charge is 0.303 e. The van der Waals surface area contributed by atoms with E-state index in [1.165, 1.54) is 5.56 Å². The Labute approximate surface area is 155 Å². The predicted molar refractivity (Wildman–Crippen MR) is 101 cm³/mol. The molecule has 5 nitrogen and oxygen atoms in total. The van der Waals surface area contributed by atoms with Gasteiger partial charge in [0.1, 0.15) is 0 Å². The minimum absolute atomic E-state index is 0.0100. The van der Waals surface area contributed by atoms with Gasteiger partial charge >= 0.3 is 5.97 Å². The summed E-state index contributed by atoms with van der Waals surface area (Å²) >= 11 is 0. The van der Waals surface area contributed by atoms with Gasteiger partial charge in [-0.15, -0.1) is 0 Å². The molecule has 1 aromatic rings. The van der Waals surface area contributed by atoms with Gasteiger partial charge in [0.05, 0.1) is 0 Å². The number of benzene rings is 1. The number of nitrogens with one attached hydrogen (secondary N) is 2. The second-order valence-electron chi connectivity index (χ2n) is 7.77. The average Bonchev–Trinajstić information content (AvgIpc) is 2.68. The lowest BCUT2D eigenvalue weighted by Gasteiger charge is -2.29. The third-order valence-electron chi connectivity index (χ3n) is 5.93. The van der Waals surface area contributed by atoms with Crippen LogP contribution in [-0.4, -0.2) is 36.1 Å². The van der Waals surface area contributed by atoms with Gasteiger partial charge in [0.25, 0.3) is 5.91 Å². The second-order valence-corrected chi connectivity index (χ2v) is 7.77. The molecule has 26 heavy (non-hydrogen) atoms. The first-order valence-electron chi connectivity index (χ1n) is 9.95. The standard InChI is InChI=1S/C21H30N2O3/c24-20(25)10-3-15-1-8-19(9-2-15)23-21(26)18-6-4-16(5-7-18)17-11-13-22-14-12-17/h4-7,15,17,19,22H,1-3,8-14H2,(H,23,26)(H,24,25). The van der Waals surface area contributed by atoms with E-state index in [-0.39, 0.29) is 18.4 Å². The maximum absolute atomic E-state index is 12.5. The van der Waals surface area contributed by atoms with E-state index in [0.717, 1.165) is 63.6 Å². The number of rotatable bonds is 6. The summed E-state index contributed by atoms with van der Waals surface area (Å²) in [5, 5.41) is 15.3. The highest BCUT2D eigenvalue weighted by Gasteiger charge is 2.23. The number of hydrogen-bond acceptors (Lipinski definition) is 3. The van der Waals surface area contributed by atoms with Crippen molar-refractivity contribution in [3.63, 3.8) is 0 Å². The van der Waals surface area contributed by atoms with Gasteiger partial charge in [0, 0.05) is 18.0 Å². The maximum Gasteiger partial charge on any atom is 0.303 e. The molecule has 1 saturated carbocycles. The van der Waals surface area contributed by atoms with Crippen molar-refractivity contribution in [2.24, 2.45) is 5.92 Å². The molecule has 1 saturated heterocycles. The van der Waals surface area contributed by atoms with Crippen LogP contribution in [0.4, 0.5) is 0 Å². The zero-order valence-electron chi connectivity index (χ0n) is 15.4. The Morgan fingerprint density at radius 3 is 2.27 bits per heavy atom. The van der Waals surface area contributed by atoms with Gasteiger partial charge in [-0.1, -0.05) is 12.1 Å². The highest BCUT2D eigenvalue weighted by Crippen LogP contribution is 2.28. The summed E-state index contributed by atoms with van der Waals surface area (Å²) in [6.07, 6.45) is 7.25. The molecular formula is C21H30N2O3. The van der Waals surface area contributed by atoms with E-state index in [0.29, 0.717) is 11.8 Å². The van der Waals surface area contributed by atoms with Gasteiger partial charge in [0.2, 0.25) is 0 Å². The quantitative estimate of drug-likeness (QED) is 0.729. The summed E-state index contributed by atoms with van der Waals surface area (Å²) in [5.74, 6) is 0.391. The largest absolute Gasteiger partial charge is 0.481 e. The van der Waals surface area contributed by atoms with Crippen molar-refractivity contribution >= 4 is 11.9 Å². The third-order valence-corrected chi connectivity index (χ3v) is 5.93. The van der Waals surface area contributed by atoms with Crippen molar-refractivity contribution in [3.05, 3.63) is 35.4 Å². The number of piperidine rings is 1. The summed E-state index contributed by atoms with van der Waals surface area (Å²) in [6, 6.07) is 8.32. The molecule has 2 aliphatic rings. The van der Waals surface area contributed by atoms with Crippen molar-refractivity contribution < 1.29 is 14.7 Å². The molecule has 0 aromatic heterocycles. The molecule has 1 aliphatic carbocycles. The number of carbonyl (C=O) groups excluding carboxylic acids is 1. The second kappa shape index (κ2) is 9.17. The van der Waals surface area contributed by atoms with Gasteiger partial charge < -0.3 is 15.7 Å². The first kappa shape index (κ1) is 18.9. The van der Waals surface area contributed by atoms with Gasteiger partial charge in [-0.3, -0.25) is 9.59 Å². The van der Waals surface area contributed by atoms with Crippen molar-refractivity contribution in [1.82, 2.24) is 10.6 Å². The molecule has 0 spiro atoms. The van der Waals surface area contributed by atoms with Crippen molar-refractivity contribution in [2.45, 2.75) is 63.3 Å². The Hall–Kier alpha value is -1.88. The zero-order valence-corrected chi connectivity index (χ0v) is 15.4. The van der Waals surface area contributed by atoms with Gasteiger partial charge in [0.15, 0.2) is 0 Å². The van der Waals surface area contributed by atoms with Crippen LogP contribution >= 0.6 is 0 Å². The van der Waals surface area contributed by atoms with Crippen LogP contribution in [0, 0.1) is 5.92 Å². The van der Waals surface area contributed by atoms with Crippen LogP contribution < -0.4 is 10.6 Å². The van der Waals surface area contributed by atoms with Crippen molar-refractivity contribution in [2.75, 3.05) is 13.1 Å². The Balaban J connectivity index is 1.45. The molecule has 142 valence electrons. The Bertz CT molecular complexity index is 600. The zero-order chi connectivity index (χ0) is 18.4. The number of hydrogen-bond donors (Lipinski definition) is 3. The summed E-state index contributed by atoms with van der Waals surface area (Å²) < 4.78 is 0.